The Labute approximate surface area is 123 Å². The van der Waals surface area contributed by atoms with Gasteiger partial charge in [-0.2, -0.15) is 13.2 Å². The molecule has 1 heterocycles. The van der Waals surface area contributed by atoms with E-state index in [1.165, 1.54) is 11.0 Å². The Bertz CT molecular complexity index is 595. The average Bonchev–Trinajstić information content (AvgIpc) is 2.46. The molecule has 1 aliphatic heterocycles. The van der Waals surface area contributed by atoms with Crippen molar-refractivity contribution in [1.82, 2.24) is 4.90 Å². The van der Waals surface area contributed by atoms with Crippen LogP contribution < -0.4 is 0 Å². The molecular weight excluding hydrogens is 305 g/mol. The van der Waals surface area contributed by atoms with E-state index in [0.29, 0.717) is 0 Å². The number of rotatable bonds is 2. The van der Waals surface area contributed by atoms with Crippen LogP contribution in [0.25, 0.3) is 0 Å². The van der Waals surface area contributed by atoms with Crippen molar-refractivity contribution in [3.63, 3.8) is 0 Å². The first-order valence-corrected chi connectivity index (χ1v) is 6.53. The molecule has 22 heavy (non-hydrogen) atoms. The van der Waals surface area contributed by atoms with Crippen molar-refractivity contribution >= 4 is 11.6 Å². The summed E-state index contributed by atoms with van der Waals surface area (Å²) in [6.45, 7) is -0.116. The molecule has 0 saturated carbocycles. The van der Waals surface area contributed by atoms with Crippen LogP contribution in [0.2, 0.25) is 0 Å². The quantitative estimate of drug-likeness (QED) is 0.671. The maximum absolute atomic E-state index is 12.6. The molecule has 1 amide bonds. The van der Waals surface area contributed by atoms with E-state index in [9.17, 15) is 33.2 Å². The number of carbonyl (C=O) groups excluding carboxylic acids is 1. The number of phenols is 1. The Morgan fingerprint density at radius 3 is 2.41 bits per heavy atom. The Morgan fingerprint density at radius 2 is 1.91 bits per heavy atom. The molecule has 0 unspecified atom stereocenters. The van der Waals surface area contributed by atoms with Gasteiger partial charge in [0.2, 0.25) is 0 Å². The minimum absolute atomic E-state index is 0.0324. The van der Waals surface area contributed by atoms with Gasteiger partial charge in [-0.1, -0.05) is 0 Å². The molecular formula is C13H13F3N2O4. The van der Waals surface area contributed by atoms with E-state index in [0.717, 1.165) is 12.1 Å². The van der Waals surface area contributed by atoms with Gasteiger partial charge < -0.3 is 10.0 Å². The van der Waals surface area contributed by atoms with Crippen LogP contribution in [0.4, 0.5) is 18.9 Å². The maximum atomic E-state index is 12.6. The van der Waals surface area contributed by atoms with Crippen LogP contribution in [0.1, 0.15) is 23.2 Å². The third-order valence-corrected chi connectivity index (χ3v) is 3.66. The highest BCUT2D eigenvalue weighted by atomic mass is 19.4. The molecule has 120 valence electrons. The number of benzene rings is 1. The van der Waals surface area contributed by atoms with Crippen LogP contribution in [0, 0.1) is 16.0 Å². The van der Waals surface area contributed by atoms with Crippen LogP contribution in [0.3, 0.4) is 0 Å². The van der Waals surface area contributed by atoms with Crippen molar-refractivity contribution in [2.75, 3.05) is 13.1 Å². The van der Waals surface area contributed by atoms with Crippen LogP contribution in [-0.4, -0.2) is 40.1 Å². The predicted molar refractivity (Wildman–Crippen MR) is 69.4 cm³/mol. The van der Waals surface area contributed by atoms with Gasteiger partial charge in [0.1, 0.15) is 0 Å². The van der Waals surface area contributed by atoms with Crippen molar-refractivity contribution in [2.24, 2.45) is 5.92 Å². The zero-order valence-corrected chi connectivity index (χ0v) is 11.3. The number of carbonyl (C=O) groups is 1. The smallest absolute Gasteiger partial charge is 0.391 e. The largest absolute Gasteiger partial charge is 0.502 e. The number of aromatic hydroxyl groups is 1. The highest BCUT2D eigenvalue weighted by molar-refractivity contribution is 5.95. The number of amides is 1. The third-order valence-electron chi connectivity index (χ3n) is 3.66. The number of piperidine rings is 1. The van der Waals surface area contributed by atoms with E-state index in [4.69, 9.17) is 0 Å². The van der Waals surface area contributed by atoms with Crippen molar-refractivity contribution in [2.45, 2.75) is 19.0 Å². The molecule has 1 aliphatic rings. The van der Waals surface area contributed by atoms with E-state index in [1.807, 2.05) is 0 Å². The number of hydrogen-bond acceptors (Lipinski definition) is 4. The summed E-state index contributed by atoms with van der Waals surface area (Å²) in [4.78, 5) is 23.3. The van der Waals surface area contributed by atoms with Crippen LogP contribution in [-0.2, 0) is 0 Å². The van der Waals surface area contributed by atoms with Gasteiger partial charge in [-0.05, 0) is 25.0 Å². The van der Waals surface area contributed by atoms with Crippen LogP contribution >= 0.6 is 0 Å². The standard InChI is InChI=1S/C13H13F3N2O4/c14-13(15,16)9-3-5-17(6-4-9)12(20)8-1-2-11(19)10(7-8)18(21)22/h1-2,7,9,19H,3-6H2. The van der Waals surface area contributed by atoms with Gasteiger partial charge in [-0.15, -0.1) is 0 Å². The first kappa shape index (κ1) is 16.1. The van der Waals surface area contributed by atoms with E-state index in [-0.39, 0.29) is 31.5 Å². The number of nitro groups is 1. The monoisotopic (exact) mass is 318 g/mol. The van der Waals surface area contributed by atoms with E-state index in [2.05, 4.69) is 0 Å². The number of likely N-dealkylation sites (tertiary alicyclic amines) is 1. The van der Waals surface area contributed by atoms with Crippen LogP contribution in [0.15, 0.2) is 18.2 Å². The molecule has 1 saturated heterocycles. The summed E-state index contributed by atoms with van der Waals surface area (Å²) < 4.78 is 37.7. The molecule has 0 radical (unpaired) electrons. The number of alkyl halides is 3. The summed E-state index contributed by atoms with van der Waals surface area (Å²) in [5.74, 6) is -2.58. The molecule has 9 heteroatoms. The van der Waals surface area contributed by atoms with Crippen molar-refractivity contribution in [3.8, 4) is 5.75 Å². The van der Waals surface area contributed by atoms with Gasteiger partial charge in [-0.3, -0.25) is 14.9 Å². The SMILES string of the molecule is O=C(c1ccc(O)c([N+](=O)[O-])c1)N1CCC(C(F)(F)F)CC1. The lowest BCUT2D eigenvalue weighted by atomic mass is 9.96. The normalized spacial score (nSPS) is 16.6. The Morgan fingerprint density at radius 1 is 1.32 bits per heavy atom. The first-order valence-electron chi connectivity index (χ1n) is 6.53. The molecule has 0 bridgehead atoms. The van der Waals surface area contributed by atoms with Gasteiger partial charge in [0.25, 0.3) is 5.91 Å². The second kappa shape index (κ2) is 5.82. The number of nitrogens with zero attached hydrogens (tertiary/aromatic N) is 2. The minimum atomic E-state index is -4.27. The molecule has 1 aromatic carbocycles. The third kappa shape index (κ3) is 3.29. The van der Waals surface area contributed by atoms with E-state index >= 15 is 0 Å². The van der Waals surface area contributed by atoms with Gasteiger partial charge in [0, 0.05) is 24.7 Å². The molecule has 1 aromatic rings. The molecule has 1 N–H and O–H groups in total. The average molecular weight is 318 g/mol. The summed E-state index contributed by atoms with van der Waals surface area (Å²) in [5.41, 5.74) is -0.647. The molecule has 0 atom stereocenters. The lowest BCUT2D eigenvalue weighted by molar-refractivity contribution is -0.385. The highest BCUT2D eigenvalue weighted by Gasteiger charge is 2.41. The fourth-order valence-electron chi connectivity index (χ4n) is 2.40. The molecule has 6 nitrogen and oxygen atoms in total. The van der Waals surface area contributed by atoms with Gasteiger partial charge >= 0.3 is 11.9 Å². The minimum Gasteiger partial charge on any atom is -0.502 e. The second-order valence-corrected chi connectivity index (χ2v) is 5.07. The highest BCUT2D eigenvalue weighted by Crippen LogP contribution is 2.34. The Balaban J connectivity index is 2.10. The zero-order valence-electron chi connectivity index (χ0n) is 11.3. The summed E-state index contributed by atoms with van der Waals surface area (Å²) in [7, 11) is 0. The predicted octanol–water partition coefficient (Wildman–Crippen LogP) is 2.71. The number of phenolic OH excluding ortho intramolecular Hbond substituents is 1. The molecule has 2 rings (SSSR count). The fraction of sp³-hybridized carbons (Fsp3) is 0.462. The zero-order chi connectivity index (χ0) is 16.5. The summed E-state index contributed by atoms with van der Waals surface area (Å²) in [6.07, 6.45) is -4.64. The van der Waals surface area contributed by atoms with Gasteiger partial charge in [0.05, 0.1) is 10.8 Å². The molecule has 0 aliphatic carbocycles. The fourth-order valence-corrected chi connectivity index (χ4v) is 2.40. The van der Waals surface area contributed by atoms with E-state index in [1.54, 1.807) is 0 Å². The van der Waals surface area contributed by atoms with Crippen molar-refractivity contribution < 1.29 is 28.0 Å². The Hall–Kier alpha value is -2.32. The van der Waals surface area contributed by atoms with Crippen molar-refractivity contribution in [1.29, 1.82) is 0 Å². The Kier molecular flexibility index (Phi) is 4.25. The molecule has 1 fully saturated rings. The number of nitro benzene ring substituents is 1. The summed E-state index contributed by atoms with van der Waals surface area (Å²) in [5, 5.41) is 20.1. The molecule has 0 spiro atoms. The summed E-state index contributed by atoms with van der Waals surface area (Å²) >= 11 is 0. The summed E-state index contributed by atoms with van der Waals surface area (Å²) in [6, 6.07) is 3.15. The second-order valence-electron chi connectivity index (χ2n) is 5.07. The van der Waals surface area contributed by atoms with Crippen molar-refractivity contribution in [3.05, 3.63) is 33.9 Å². The van der Waals surface area contributed by atoms with Gasteiger partial charge in [0.15, 0.2) is 5.75 Å². The van der Waals surface area contributed by atoms with Gasteiger partial charge in [-0.25, -0.2) is 0 Å². The molecule has 0 aromatic heterocycles. The lowest BCUT2D eigenvalue weighted by Crippen LogP contribution is -2.42. The maximum Gasteiger partial charge on any atom is 0.391 e. The van der Waals surface area contributed by atoms with E-state index < -0.39 is 34.4 Å². The topological polar surface area (TPSA) is 83.7 Å². The first-order chi connectivity index (χ1) is 10.2. The van der Waals surface area contributed by atoms with Crippen LogP contribution in [0.5, 0.6) is 5.75 Å². The number of halogens is 3. The lowest BCUT2D eigenvalue weighted by Gasteiger charge is -2.32. The number of hydrogen-bond donors (Lipinski definition) is 1.